The van der Waals surface area contributed by atoms with Crippen molar-refractivity contribution >= 4 is 23.3 Å². The Bertz CT molecular complexity index is 699. The Balaban J connectivity index is 1.74. The topological polar surface area (TPSA) is 58.4 Å². The molecule has 1 N–H and O–H groups in total. The Kier molecular flexibility index (Phi) is 4.57. The number of benzene rings is 1. The van der Waals surface area contributed by atoms with Gasteiger partial charge in [0.15, 0.2) is 5.76 Å². The lowest BCUT2D eigenvalue weighted by molar-refractivity contribution is 0.195. The SMILES string of the molecule is CC(C)c1cc(C2CCCN2C(=O)Nc2cccc(Cl)c2)on1. The van der Waals surface area contributed by atoms with Gasteiger partial charge in [0.2, 0.25) is 0 Å². The van der Waals surface area contributed by atoms with Crippen molar-refractivity contribution in [2.75, 3.05) is 11.9 Å². The van der Waals surface area contributed by atoms with Crippen LogP contribution in [0.2, 0.25) is 5.02 Å². The Morgan fingerprint density at radius 3 is 2.96 bits per heavy atom. The number of amides is 2. The minimum Gasteiger partial charge on any atom is -0.359 e. The van der Waals surface area contributed by atoms with Gasteiger partial charge in [-0.15, -0.1) is 0 Å². The molecule has 2 aromatic rings. The normalized spacial score (nSPS) is 17.7. The average Bonchev–Trinajstić information content (AvgIpc) is 3.16. The first-order valence-corrected chi connectivity index (χ1v) is 8.22. The number of aromatic nitrogens is 1. The standard InChI is InChI=1S/C17H20ClN3O2/c1-11(2)14-10-16(23-20-14)15-7-4-8-21(15)17(22)19-13-6-3-5-12(18)9-13/h3,5-6,9-11,15H,4,7-8H2,1-2H3,(H,19,22). The summed E-state index contributed by atoms with van der Waals surface area (Å²) in [5, 5.41) is 7.59. The van der Waals surface area contributed by atoms with Crippen LogP contribution in [0.5, 0.6) is 0 Å². The first kappa shape index (κ1) is 15.9. The average molecular weight is 334 g/mol. The molecule has 3 rings (SSSR count). The number of hydrogen-bond donors (Lipinski definition) is 1. The Labute approximate surface area is 140 Å². The molecule has 0 aliphatic carbocycles. The molecule has 1 aromatic heterocycles. The highest BCUT2D eigenvalue weighted by atomic mass is 35.5. The van der Waals surface area contributed by atoms with Crippen molar-refractivity contribution in [2.45, 2.75) is 38.6 Å². The zero-order valence-corrected chi connectivity index (χ0v) is 14.0. The van der Waals surface area contributed by atoms with Crippen molar-refractivity contribution in [2.24, 2.45) is 0 Å². The summed E-state index contributed by atoms with van der Waals surface area (Å²) in [6.45, 7) is 4.84. The highest BCUT2D eigenvalue weighted by molar-refractivity contribution is 6.30. The van der Waals surface area contributed by atoms with E-state index in [2.05, 4.69) is 24.3 Å². The molecule has 1 saturated heterocycles. The summed E-state index contributed by atoms with van der Waals surface area (Å²) in [6.07, 6.45) is 1.83. The van der Waals surface area contributed by atoms with Crippen LogP contribution in [0.4, 0.5) is 10.5 Å². The second-order valence-corrected chi connectivity index (χ2v) is 6.54. The number of anilines is 1. The van der Waals surface area contributed by atoms with E-state index in [1.807, 2.05) is 18.2 Å². The van der Waals surface area contributed by atoms with Gasteiger partial charge in [-0.05, 0) is 37.0 Å². The van der Waals surface area contributed by atoms with Crippen LogP contribution in [0.3, 0.4) is 0 Å². The number of rotatable bonds is 3. The van der Waals surface area contributed by atoms with Gasteiger partial charge in [0.25, 0.3) is 0 Å². The van der Waals surface area contributed by atoms with Crippen molar-refractivity contribution in [3.8, 4) is 0 Å². The van der Waals surface area contributed by atoms with Crippen molar-refractivity contribution in [3.05, 3.63) is 46.8 Å². The van der Waals surface area contributed by atoms with Crippen LogP contribution >= 0.6 is 11.6 Å². The van der Waals surface area contributed by atoms with Crippen LogP contribution in [0.1, 0.15) is 50.1 Å². The summed E-state index contributed by atoms with van der Waals surface area (Å²) >= 11 is 5.96. The largest absolute Gasteiger partial charge is 0.359 e. The first-order chi connectivity index (χ1) is 11.0. The maximum absolute atomic E-state index is 12.6. The molecule has 1 unspecified atom stereocenters. The molecular formula is C17H20ClN3O2. The maximum atomic E-state index is 12.6. The van der Waals surface area contributed by atoms with E-state index in [4.69, 9.17) is 16.1 Å². The molecule has 2 heterocycles. The fourth-order valence-corrected chi connectivity index (χ4v) is 2.99. The molecule has 122 valence electrons. The molecule has 0 spiro atoms. The van der Waals surface area contributed by atoms with Gasteiger partial charge in [0.05, 0.1) is 11.7 Å². The smallest absolute Gasteiger partial charge is 0.322 e. The Hall–Kier alpha value is -2.01. The van der Waals surface area contributed by atoms with Crippen LogP contribution < -0.4 is 5.32 Å². The minimum absolute atomic E-state index is 0.0609. The summed E-state index contributed by atoms with van der Waals surface area (Å²) in [5.41, 5.74) is 1.61. The van der Waals surface area contributed by atoms with Gasteiger partial charge in [-0.25, -0.2) is 4.79 Å². The second kappa shape index (κ2) is 6.62. The van der Waals surface area contributed by atoms with Gasteiger partial charge >= 0.3 is 6.03 Å². The van der Waals surface area contributed by atoms with Gasteiger partial charge < -0.3 is 14.7 Å². The third kappa shape index (κ3) is 3.50. The summed E-state index contributed by atoms with van der Waals surface area (Å²) < 4.78 is 5.47. The molecule has 1 fully saturated rings. The molecule has 1 aliphatic rings. The van der Waals surface area contributed by atoms with Crippen LogP contribution in [0.25, 0.3) is 0 Å². The molecule has 0 bridgehead atoms. The first-order valence-electron chi connectivity index (χ1n) is 7.84. The van der Waals surface area contributed by atoms with Gasteiger partial charge in [0.1, 0.15) is 0 Å². The van der Waals surface area contributed by atoms with Crippen molar-refractivity contribution in [3.63, 3.8) is 0 Å². The van der Waals surface area contributed by atoms with Crippen LogP contribution in [0.15, 0.2) is 34.9 Å². The van der Waals surface area contributed by atoms with Crippen molar-refractivity contribution in [1.29, 1.82) is 0 Å². The lowest BCUT2D eigenvalue weighted by Crippen LogP contribution is -2.34. The van der Waals surface area contributed by atoms with Crippen molar-refractivity contribution < 1.29 is 9.32 Å². The Morgan fingerprint density at radius 1 is 1.43 bits per heavy atom. The molecule has 5 nitrogen and oxygen atoms in total. The molecular weight excluding hydrogens is 314 g/mol. The summed E-state index contributed by atoms with van der Waals surface area (Å²) in [6, 6.07) is 8.89. The molecule has 23 heavy (non-hydrogen) atoms. The Morgan fingerprint density at radius 2 is 2.26 bits per heavy atom. The molecule has 0 saturated carbocycles. The second-order valence-electron chi connectivity index (χ2n) is 6.10. The number of carbonyl (C=O) groups is 1. The highest BCUT2D eigenvalue weighted by Gasteiger charge is 2.33. The van der Waals surface area contributed by atoms with E-state index in [1.165, 1.54) is 0 Å². The maximum Gasteiger partial charge on any atom is 0.322 e. The van der Waals surface area contributed by atoms with Crippen LogP contribution in [-0.2, 0) is 0 Å². The summed E-state index contributed by atoms with van der Waals surface area (Å²) in [4.78, 5) is 14.4. The monoisotopic (exact) mass is 333 g/mol. The van der Waals surface area contributed by atoms with Crippen LogP contribution in [0, 0.1) is 0 Å². The predicted molar refractivity (Wildman–Crippen MR) is 89.7 cm³/mol. The fraction of sp³-hybridized carbons (Fsp3) is 0.412. The molecule has 1 aliphatic heterocycles. The summed E-state index contributed by atoms with van der Waals surface area (Å²) in [5.74, 6) is 1.06. The van der Waals surface area contributed by atoms with Crippen molar-refractivity contribution in [1.82, 2.24) is 10.1 Å². The number of urea groups is 1. The predicted octanol–water partition coefficient (Wildman–Crippen LogP) is 4.82. The number of nitrogens with one attached hydrogen (secondary N) is 1. The zero-order valence-electron chi connectivity index (χ0n) is 13.3. The fourth-order valence-electron chi connectivity index (χ4n) is 2.80. The van der Waals surface area contributed by atoms with E-state index < -0.39 is 0 Å². The van der Waals surface area contributed by atoms with E-state index in [0.29, 0.717) is 23.2 Å². The number of hydrogen-bond acceptors (Lipinski definition) is 3. The third-order valence-corrected chi connectivity index (χ3v) is 4.29. The lowest BCUT2D eigenvalue weighted by atomic mass is 10.1. The molecule has 0 radical (unpaired) electrons. The third-order valence-electron chi connectivity index (χ3n) is 4.06. The van der Waals surface area contributed by atoms with Gasteiger partial charge in [0, 0.05) is 23.3 Å². The number of likely N-dealkylation sites (tertiary alicyclic amines) is 1. The quantitative estimate of drug-likeness (QED) is 0.876. The lowest BCUT2D eigenvalue weighted by Gasteiger charge is -2.23. The van der Waals surface area contributed by atoms with E-state index in [9.17, 15) is 4.79 Å². The van der Waals surface area contributed by atoms with Gasteiger partial charge in [-0.3, -0.25) is 0 Å². The minimum atomic E-state index is -0.141. The van der Waals surface area contributed by atoms with E-state index in [1.54, 1.807) is 17.0 Å². The zero-order chi connectivity index (χ0) is 16.4. The van der Waals surface area contributed by atoms with E-state index in [-0.39, 0.29) is 12.1 Å². The molecule has 1 aromatic carbocycles. The molecule has 6 heteroatoms. The number of nitrogens with zero attached hydrogens (tertiary/aromatic N) is 2. The van der Waals surface area contributed by atoms with Crippen LogP contribution in [-0.4, -0.2) is 22.6 Å². The molecule has 1 atom stereocenters. The highest BCUT2D eigenvalue weighted by Crippen LogP contribution is 2.33. The number of carbonyl (C=O) groups excluding carboxylic acids is 1. The summed E-state index contributed by atoms with van der Waals surface area (Å²) in [7, 11) is 0. The van der Waals surface area contributed by atoms with Gasteiger partial charge in [-0.2, -0.15) is 0 Å². The van der Waals surface area contributed by atoms with E-state index >= 15 is 0 Å². The molecule has 2 amide bonds. The van der Waals surface area contributed by atoms with Gasteiger partial charge in [-0.1, -0.05) is 36.7 Å². The van der Waals surface area contributed by atoms with E-state index in [0.717, 1.165) is 24.3 Å². The number of halogens is 1.